The fourth-order valence-corrected chi connectivity index (χ4v) is 4.01. The van der Waals surface area contributed by atoms with Gasteiger partial charge >= 0.3 is 0 Å². The molecule has 3 aromatic rings. The third-order valence-electron chi connectivity index (χ3n) is 4.65. The first-order chi connectivity index (χ1) is 13.0. The molecule has 0 unspecified atom stereocenters. The number of β-amino-alcohol motifs (C(OH)–C–C–N with tert-alkyl or cyclic N) is 1. The number of nitrogens with one attached hydrogen (secondary N) is 1. The molecule has 27 heavy (non-hydrogen) atoms. The number of fused-ring (bicyclic) bond motifs is 1. The maximum Gasteiger partial charge on any atom is 0.274 e. The number of thiophene rings is 1. The average Bonchev–Trinajstić information content (AvgIpc) is 3.29. The topological polar surface area (TPSA) is 78.4 Å². The number of likely N-dealkylation sites (tertiary alicyclic amines) is 1. The normalized spacial score (nSPS) is 18.0. The largest absolute Gasteiger partial charge is 0.391 e. The molecule has 4 rings (SSSR count). The van der Waals surface area contributed by atoms with E-state index in [1.807, 2.05) is 24.4 Å². The highest BCUT2D eigenvalue weighted by atomic mass is 32.1. The van der Waals surface area contributed by atoms with E-state index in [1.165, 1.54) is 23.5 Å². The molecule has 2 atom stereocenters. The molecule has 1 saturated heterocycles. The van der Waals surface area contributed by atoms with Gasteiger partial charge in [0.05, 0.1) is 22.4 Å². The van der Waals surface area contributed by atoms with Crippen LogP contribution < -0.4 is 5.32 Å². The molecule has 0 spiro atoms. The maximum absolute atomic E-state index is 13.5. The fraction of sp³-hybridized carbons (Fsp3) is 0.316. The lowest BCUT2D eigenvalue weighted by atomic mass is 10.1. The van der Waals surface area contributed by atoms with Crippen molar-refractivity contribution < 1.29 is 14.3 Å². The van der Waals surface area contributed by atoms with Crippen LogP contribution in [0.5, 0.6) is 0 Å². The number of halogens is 1. The Hall–Kier alpha value is -2.58. The van der Waals surface area contributed by atoms with Crippen LogP contribution in [-0.4, -0.2) is 45.1 Å². The summed E-state index contributed by atoms with van der Waals surface area (Å²) in [5.74, 6) is -0.192. The number of hydrogen-bond donors (Lipinski definition) is 2. The molecule has 6 nitrogen and oxygen atoms in total. The van der Waals surface area contributed by atoms with Crippen molar-refractivity contribution in [2.75, 3.05) is 18.4 Å². The lowest BCUT2D eigenvalue weighted by Gasteiger charge is -2.18. The highest BCUT2D eigenvalue weighted by Crippen LogP contribution is 2.27. The van der Waals surface area contributed by atoms with Crippen LogP contribution in [0, 0.1) is 5.82 Å². The van der Waals surface area contributed by atoms with Crippen molar-refractivity contribution in [3.63, 3.8) is 0 Å². The van der Waals surface area contributed by atoms with Crippen LogP contribution in [0.2, 0.25) is 0 Å². The molecule has 2 aromatic heterocycles. The number of rotatable bonds is 4. The molecule has 0 bridgehead atoms. The molecule has 0 saturated carbocycles. The predicted molar refractivity (Wildman–Crippen MR) is 102 cm³/mol. The van der Waals surface area contributed by atoms with Crippen molar-refractivity contribution in [3.05, 3.63) is 52.8 Å². The number of anilines is 1. The summed E-state index contributed by atoms with van der Waals surface area (Å²) in [6.45, 7) is 2.71. The van der Waals surface area contributed by atoms with Gasteiger partial charge in [0.1, 0.15) is 5.82 Å². The van der Waals surface area contributed by atoms with Crippen LogP contribution in [0.25, 0.3) is 10.2 Å². The SMILES string of the molecule is C[C@H](Nc1nc(C(=O)N2CC[C@H](O)C2)c2sccc2n1)c1cccc(F)c1. The van der Waals surface area contributed by atoms with Crippen LogP contribution in [-0.2, 0) is 0 Å². The third-order valence-corrected chi connectivity index (χ3v) is 5.56. The highest BCUT2D eigenvalue weighted by Gasteiger charge is 2.28. The van der Waals surface area contributed by atoms with E-state index >= 15 is 0 Å². The number of aliphatic hydroxyl groups excluding tert-OH is 1. The number of carbonyl (C=O) groups is 1. The van der Waals surface area contributed by atoms with E-state index in [0.717, 1.165) is 10.3 Å². The second-order valence-corrected chi connectivity index (χ2v) is 7.56. The molecule has 2 N–H and O–H groups in total. The van der Waals surface area contributed by atoms with E-state index in [2.05, 4.69) is 15.3 Å². The number of amides is 1. The molecule has 8 heteroatoms. The molecule has 1 fully saturated rings. The van der Waals surface area contributed by atoms with Gasteiger partial charge in [-0.1, -0.05) is 12.1 Å². The minimum atomic E-state index is -0.486. The van der Waals surface area contributed by atoms with Gasteiger partial charge in [-0.15, -0.1) is 11.3 Å². The predicted octanol–water partition coefficient (Wildman–Crippen LogP) is 3.21. The summed E-state index contributed by atoms with van der Waals surface area (Å²) in [4.78, 5) is 23.5. The zero-order valence-electron chi connectivity index (χ0n) is 14.7. The Kier molecular flexibility index (Phi) is 4.75. The van der Waals surface area contributed by atoms with Crippen LogP contribution in [0.3, 0.4) is 0 Å². The Morgan fingerprint density at radius 3 is 3.00 bits per heavy atom. The molecule has 1 aliphatic heterocycles. The van der Waals surface area contributed by atoms with Crippen molar-refractivity contribution in [2.24, 2.45) is 0 Å². The Bertz CT molecular complexity index is 993. The minimum Gasteiger partial charge on any atom is -0.391 e. The Morgan fingerprint density at radius 1 is 1.41 bits per heavy atom. The van der Waals surface area contributed by atoms with Crippen LogP contribution in [0.15, 0.2) is 35.7 Å². The monoisotopic (exact) mass is 386 g/mol. The van der Waals surface area contributed by atoms with E-state index < -0.39 is 6.10 Å². The Labute approximate surface area is 159 Å². The van der Waals surface area contributed by atoms with Crippen LogP contribution in [0.4, 0.5) is 10.3 Å². The molecule has 0 radical (unpaired) electrons. The number of nitrogens with zero attached hydrogens (tertiary/aromatic N) is 3. The summed E-state index contributed by atoms with van der Waals surface area (Å²) in [5.41, 5.74) is 1.78. The van der Waals surface area contributed by atoms with Crippen molar-refractivity contribution in [3.8, 4) is 0 Å². The smallest absolute Gasteiger partial charge is 0.274 e. The van der Waals surface area contributed by atoms with E-state index in [-0.39, 0.29) is 17.8 Å². The second kappa shape index (κ2) is 7.21. The molecule has 0 aliphatic carbocycles. The summed E-state index contributed by atoms with van der Waals surface area (Å²) in [7, 11) is 0. The lowest BCUT2D eigenvalue weighted by molar-refractivity contribution is 0.0761. The zero-order valence-corrected chi connectivity index (χ0v) is 15.5. The summed E-state index contributed by atoms with van der Waals surface area (Å²) in [5, 5.41) is 14.8. The van der Waals surface area contributed by atoms with Gasteiger partial charge in [0.25, 0.3) is 5.91 Å². The molecule has 140 valence electrons. The molecule has 1 amide bonds. The first-order valence-electron chi connectivity index (χ1n) is 8.76. The molecule has 1 aliphatic rings. The number of hydrogen-bond acceptors (Lipinski definition) is 6. The van der Waals surface area contributed by atoms with E-state index in [0.29, 0.717) is 36.7 Å². The standard InChI is InChI=1S/C19H19FN4O2S/c1-11(12-3-2-4-13(20)9-12)21-19-22-15-6-8-27-17(15)16(23-19)18(26)24-7-5-14(25)10-24/h2-4,6,8-9,11,14,25H,5,7,10H2,1H3,(H,21,22,23)/t11-,14-/m0/s1. The van der Waals surface area contributed by atoms with Crippen LogP contribution >= 0.6 is 11.3 Å². The molecular formula is C19H19FN4O2S. The van der Waals surface area contributed by atoms with Crippen molar-refractivity contribution in [2.45, 2.75) is 25.5 Å². The maximum atomic E-state index is 13.5. The third kappa shape index (κ3) is 3.63. The van der Waals surface area contributed by atoms with E-state index in [1.54, 1.807) is 11.0 Å². The van der Waals surface area contributed by atoms with Gasteiger partial charge in [-0.05, 0) is 42.5 Å². The van der Waals surface area contributed by atoms with Crippen molar-refractivity contribution >= 4 is 33.4 Å². The van der Waals surface area contributed by atoms with Gasteiger partial charge in [0, 0.05) is 13.1 Å². The summed E-state index contributed by atoms with van der Waals surface area (Å²) in [6, 6.07) is 7.94. The van der Waals surface area contributed by atoms with E-state index in [9.17, 15) is 14.3 Å². The van der Waals surface area contributed by atoms with Gasteiger partial charge in [0.15, 0.2) is 5.69 Å². The first kappa shape index (κ1) is 17.8. The van der Waals surface area contributed by atoms with Crippen molar-refractivity contribution in [1.82, 2.24) is 14.9 Å². The van der Waals surface area contributed by atoms with Gasteiger partial charge in [-0.25, -0.2) is 14.4 Å². The first-order valence-corrected chi connectivity index (χ1v) is 9.64. The number of benzene rings is 1. The van der Waals surface area contributed by atoms with Crippen LogP contribution in [0.1, 0.15) is 35.4 Å². The van der Waals surface area contributed by atoms with Crippen molar-refractivity contribution in [1.29, 1.82) is 0 Å². The van der Waals surface area contributed by atoms with Gasteiger partial charge in [-0.2, -0.15) is 0 Å². The second-order valence-electron chi connectivity index (χ2n) is 6.65. The summed E-state index contributed by atoms with van der Waals surface area (Å²) < 4.78 is 14.2. The summed E-state index contributed by atoms with van der Waals surface area (Å²) in [6.07, 6.45) is 0.0896. The Morgan fingerprint density at radius 2 is 2.26 bits per heavy atom. The summed E-state index contributed by atoms with van der Waals surface area (Å²) >= 11 is 1.42. The van der Waals surface area contributed by atoms with E-state index in [4.69, 9.17) is 0 Å². The van der Waals surface area contributed by atoms with Gasteiger partial charge < -0.3 is 15.3 Å². The average molecular weight is 386 g/mol. The fourth-order valence-electron chi connectivity index (χ4n) is 3.20. The Balaban J connectivity index is 1.65. The quantitative estimate of drug-likeness (QED) is 0.720. The molecule has 3 heterocycles. The minimum absolute atomic E-state index is 0.206. The lowest BCUT2D eigenvalue weighted by Crippen LogP contribution is -2.30. The number of aliphatic hydroxyl groups is 1. The molecule has 1 aromatic carbocycles. The van der Waals surface area contributed by atoms with Gasteiger partial charge in [-0.3, -0.25) is 4.79 Å². The number of carbonyl (C=O) groups excluding carboxylic acids is 1. The molecular weight excluding hydrogens is 367 g/mol. The van der Waals surface area contributed by atoms with Gasteiger partial charge in [0.2, 0.25) is 5.95 Å². The number of aromatic nitrogens is 2. The zero-order chi connectivity index (χ0) is 19.0. The highest BCUT2D eigenvalue weighted by molar-refractivity contribution is 7.17.